The Balaban J connectivity index is 1.35. The number of aromatic nitrogens is 1. The van der Waals surface area contributed by atoms with E-state index in [1.807, 2.05) is 42.6 Å². The van der Waals surface area contributed by atoms with Gasteiger partial charge in [-0.1, -0.05) is 18.2 Å². The topological polar surface area (TPSA) is 54.5 Å². The second-order valence-electron chi connectivity index (χ2n) is 6.89. The summed E-state index contributed by atoms with van der Waals surface area (Å²) in [5.74, 6) is 0.680. The first-order chi connectivity index (χ1) is 14.1. The van der Waals surface area contributed by atoms with Crippen LogP contribution in [-0.4, -0.2) is 31.0 Å². The van der Waals surface area contributed by atoms with E-state index in [2.05, 4.69) is 34.4 Å². The van der Waals surface area contributed by atoms with Gasteiger partial charge in [0.2, 0.25) is 0 Å². The van der Waals surface area contributed by atoms with Crippen LogP contribution < -0.4 is 15.0 Å². The summed E-state index contributed by atoms with van der Waals surface area (Å²) in [5.41, 5.74) is 2.78. The molecule has 0 saturated carbocycles. The molecule has 3 rings (SSSR count). The summed E-state index contributed by atoms with van der Waals surface area (Å²) < 4.78 is 5.72. The molecule has 0 saturated heterocycles. The fourth-order valence-corrected chi connectivity index (χ4v) is 3.52. The monoisotopic (exact) mass is 409 g/mol. The molecule has 0 radical (unpaired) electrons. The number of anilines is 1. The standard InChI is InChI=1S/C23H27N3O2S/c1-18-25-20(17-29-18)16-28-22-12-10-19(11-13-22)23(27)24-14-6-7-15-26(2)21-8-4-3-5-9-21/h3-5,8-13,17H,6-7,14-16H2,1-2H3,(H,24,27). The Morgan fingerprint density at radius 3 is 2.55 bits per heavy atom. The summed E-state index contributed by atoms with van der Waals surface area (Å²) >= 11 is 1.61. The Bertz CT molecular complexity index is 894. The van der Waals surface area contributed by atoms with Crippen molar-refractivity contribution in [2.24, 2.45) is 0 Å². The summed E-state index contributed by atoms with van der Waals surface area (Å²) in [6, 6.07) is 17.5. The second-order valence-corrected chi connectivity index (χ2v) is 7.95. The molecule has 0 aliphatic rings. The average molecular weight is 410 g/mol. The van der Waals surface area contributed by atoms with Crippen LogP contribution >= 0.6 is 11.3 Å². The molecule has 29 heavy (non-hydrogen) atoms. The Hall–Kier alpha value is -2.86. The number of ether oxygens (including phenoxy) is 1. The number of carbonyl (C=O) groups excluding carboxylic acids is 1. The van der Waals surface area contributed by atoms with E-state index in [0.717, 1.165) is 35.8 Å². The van der Waals surface area contributed by atoms with Gasteiger partial charge in [-0.05, 0) is 56.2 Å². The number of unbranched alkanes of at least 4 members (excludes halogenated alkanes) is 1. The van der Waals surface area contributed by atoms with E-state index in [1.165, 1.54) is 5.69 Å². The molecule has 6 heteroatoms. The van der Waals surface area contributed by atoms with Gasteiger partial charge in [-0.3, -0.25) is 4.79 Å². The maximum atomic E-state index is 12.3. The highest BCUT2D eigenvalue weighted by Gasteiger charge is 2.06. The maximum absolute atomic E-state index is 12.3. The largest absolute Gasteiger partial charge is 0.487 e. The van der Waals surface area contributed by atoms with Crippen molar-refractivity contribution in [2.45, 2.75) is 26.4 Å². The van der Waals surface area contributed by atoms with Crippen molar-refractivity contribution >= 4 is 22.9 Å². The summed E-state index contributed by atoms with van der Waals surface area (Å²) in [6.45, 7) is 4.05. The lowest BCUT2D eigenvalue weighted by Gasteiger charge is -2.19. The van der Waals surface area contributed by atoms with Gasteiger partial charge in [-0.2, -0.15) is 0 Å². The zero-order chi connectivity index (χ0) is 20.5. The molecule has 1 amide bonds. The first kappa shape index (κ1) is 20.9. The SMILES string of the molecule is Cc1nc(COc2ccc(C(=O)NCCCCN(C)c3ccccc3)cc2)cs1. The number of thiazole rings is 1. The van der Waals surface area contributed by atoms with Crippen LogP contribution in [-0.2, 0) is 6.61 Å². The molecule has 0 spiro atoms. The van der Waals surface area contributed by atoms with E-state index >= 15 is 0 Å². The fourth-order valence-electron chi connectivity index (χ4n) is 2.92. The van der Waals surface area contributed by atoms with Gasteiger partial charge >= 0.3 is 0 Å². The molecule has 2 aromatic carbocycles. The van der Waals surface area contributed by atoms with Crippen molar-refractivity contribution in [3.05, 3.63) is 76.2 Å². The van der Waals surface area contributed by atoms with E-state index in [1.54, 1.807) is 23.5 Å². The third kappa shape index (κ3) is 6.61. The number of amides is 1. The second kappa shape index (κ2) is 10.6. The Morgan fingerprint density at radius 2 is 1.86 bits per heavy atom. The van der Waals surface area contributed by atoms with E-state index in [9.17, 15) is 4.79 Å². The first-order valence-electron chi connectivity index (χ1n) is 9.80. The predicted molar refractivity (Wildman–Crippen MR) is 119 cm³/mol. The Morgan fingerprint density at radius 1 is 1.10 bits per heavy atom. The number of nitrogens with one attached hydrogen (secondary N) is 1. The number of nitrogens with zero attached hydrogens (tertiary/aromatic N) is 2. The van der Waals surface area contributed by atoms with Gasteiger partial charge < -0.3 is 15.0 Å². The van der Waals surface area contributed by atoms with Crippen molar-refractivity contribution in [2.75, 3.05) is 25.0 Å². The highest BCUT2D eigenvalue weighted by Crippen LogP contribution is 2.16. The minimum atomic E-state index is -0.0527. The number of hydrogen-bond donors (Lipinski definition) is 1. The number of aryl methyl sites for hydroxylation is 1. The number of carbonyl (C=O) groups is 1. The third-order valence-electron chi connectivity index (χ3n) is 4.57. The van der Waals surface area contributed by atoms with Gasteiger partial charge in [0, 0.05) is 36.8 Å². The van der Waals surface area contributed by atoms with Gasteiger partial charge in [0.25, 0.3) is 5.91 Å². The molecule has 0 unspecified atom stereocenters. The molecule has 5 nitrogen and oxygen atoms in total. The van der Waals surface area contributed by atoms with Crippen molar-refractivity contribution in [3.8, 4) is 5.75 Å². The van der Waals surface area contributed by atoms with E-state index in [4.69, 9.17) is 4.74 Å². The first-order valence-corrected chi connectivity index (χ1v) is 10.7. The van der Waals surface area contributed by atoms with Crippen molar-refractivity contribution in [1.82, 2.24) is 10.3 Å². The van der Waals surface area contributed by atoms with Crippen LogP contribution in [0.2, 0.25) is 0 Å². The van der Waals surface area contributed by atoms with E-state index in [-0.39, 0.29) is 5.91 Å². The summed E-state index contributed by atoms with van der Waals surface area (Å²) in [6.07, 6.45) is 1.96. The van der Waals surface area contributed by atoms with Gasteiger partial charge in [0.05, 0.1) is 10.7 Å². The van der Waals surface area contributed by atoms with Crippen molar-refractivity contribution in [3.63, 3.8) is 0 Å². The van der Waals surface area contributed by atoms with Gasteiger partial charge in [-0.25, -0.2) is 4.98 Å². The van der Waals surface area contributed by atoms with Crippen LogP contribution in [0.1, 0.15) is 33.9 Å². The molecule has 0 fully saturated rings. The molecule has 1 N–H and O–H groups in total. The highest BCUT2D eigenvalue weighted by atomic mass is 32.1. The summed E-state index contributed by atoms with van der Waals surface area (Å²) in [5, 5.41) is 6.01. The molecule has 0 atom stereocenters. The normalized spacial score (nSPS) is 10.6. The lowest BCUT2D eigenvalue weighted by molar-refractivity contribution is 0.0953. The quantitative estimate of drug-likeness (QED) is 0.494. The minimum Gasteiger partial charge on any atom is -0.487 e. The summed E-state index contributed by atoms with van der Waals surface area (Å²) in [7, 11) is 2.09. The number of hydrogen-bond acceptors (Lipinski definition) is 5. The van der Waals surface area contributed by atoms with Crippen LogP contribution in [0.25, 0.3) is 0 Å². The highest BCUT2D eigenvalue weighted by molar-refractivity contribution is 7.09. The zero-order valence-corrected chi connectivity index (χ0v) is 17.7. The number of benzene rings is 2. The van der Waals surface area contributed by atoms with Crippen LogP contribution in [0.4, 0.5) is 5.69 Å². The molecule has 1 aromatic heterocycles. The molecule has 3 aromatic rings. The lowest BCUT2D eigenvalue weighted by Crippen LogP contribution is -2.25. The molecule has 0 aliphatic carbocycles. The van der Waals surface area contributed by atoms with E-state index in [0.29, 0.717) is 18.7 Å². The summed E-state index contributed by atoms with van der Waals surface area (Å²) in [4.78, 5) is 18.9. The molecule has 152 valence electrons. The predicted octanol–water partition coefficient (Wildman–Crippen LogP) is 4.68. The molecule has 0 aliphatic heterocycles. The Kier molecular flexibility index (Phi) is 7.64. The van der Waals surface area contributed by atoms with Gasteiger partial charge in [-0.15, -0.1) is 11.3 Å². The van der Waals surface area contributed by atoms with Crippen LogP contribution in [0.15, 0.2) is 60.0 Å². The average Bonchev–Trinajstić information content (AvgIpc) is 3.18. The number of para-hydroxylation sites is 1. The molecular formula is C23H27N3O2S. The van der Waals surface area contributed by atoms with Crippen molar-refractivity contribution < 1.29 is 9.53 Å². The smallest absolute Gasteiger partial charge is 0.251 e. The fraction of sp³-hybridized carbons (Fsp3) is 0.304. The minimum absolute atomic E-state index is 0.0527. The van der Waals surface area contributed by atoms with E-state index < -0.39 is 0 Å². The van der Waals surface area contributed by atoms with Crippen LogP contribution in [0.5, 0.6) is 5.75 Å². The van der Waals surface area contributed by atoms with Crippen molar-refractivity contribution in [1.29, 1.82) is 0 Å². The zero-order valence-electron chi connectivity index (χ0n) is 16.9. The molecule has 1 heterocycles. The number of rotatable bonds is 10. The van der Waals surface area contributed by atoms with Crippen LogP contribution in [0, 0.1) is 6.92 Å². The third-order valence-corrected chi connectivity index (χ3v) is 5.39. The molecular weight excluding hydrogens is 382 g/mol. The maximum Gasteiger partial charge on any atom is 0.251 e. The lowest BCUT2D eigenvalue weighted by atomic mass is 10.2. The van der Waals surface area contributed by atoms with Gasteiger partial charge in [0.1, 0.15) is 12.4 Å². The van der Waals surface area contributed by atoms with Gasteiger partial charge in [0.15, 0.2) is 0 Å². The van der Waals surface area contributed by atoms with Crippen LogP contribution in [0.3, 0.4) is 0 Å². The molecule has 0 bridgehead atoms. The Labute approximate surface area is 176 Å².